The molecule has 1 fully saturated rings. The molecule has 5 heteroatoms. The van der Waals surface area contributed by atoms with Gasteiger partial charge in [-0.05, 0) is 50.1 Å². The lowest BCUT2D eigenvalue weighted by atomic mass is 10.0. The van der Waals surface area contributed by atoms with E-state index in [9.17, 15) is 9.59 Å². The molecule has 0 unspecified atom stereocenters. The zero-order valence-electron chi connectivity index (χ0n) is 13.9. The number of aromatic amines is 1. The maximum absolute atomic E-state index is 12.1. The summed E-state index contributed by atoms with van der Waals surface area (Å²) in [5.74, 6) is -0.233. The Hall–Kier alpha value is -2.40. The van der Waals surface area contributed by atoms with Gasteiger partial charge < -0.3 is 10.3 Å². The molecule has 1 aromatic heterocycles. The van der Waals surface area contributed by atoms with E-state index in [1.165, 1.54) is 43.2 Å². The van der Waals surface area contributed by atoms with Gasteiger partial charge in [-0.2, -0.15) is 0 Å². The molecule has 1 aromatic carbocycles. The van der Waals surface area contributed by atoms with Gasteiger partial charge in [0.1, 0.15) is 0 Å². The van der Waals surface area contributed by atoms with Crippen molar-refractivity contribution in [1.29, 1.82) is 0 Å². The average molecular weight is 325 g/mol. The fourth-order valence-electron chi connectivity index (χ4n) is 3.08. The molecule has 126 valence electrons. The van der Waals surface area contributed by atoms with Gasteiger partial charge in [-0.1, -0.05) is 18.6 Å². The molecule has 0 saturated carbocycles. The highest BCUT2D eigenvalue weighted by Crippen LogP contribution is 2.20. The Morgan fingerprint density at radius 1 is 1.21 bits per heavy atom. The SMILES string of the molecule is C[C@@H]1CCCCN1Cc1ccc(NC(=O)c2ccc(=O)[nH]c2)cc1. The fraction of sp³-hybridized carbons (Fsp3) is 0.368. The van der Waals surface area contributed by atoms with Gasteiger partial charge in [0, 0.05) is 30.5 Å². The monoisotopic (exact) mass is 325 g/mol. The number of carbonyl (C=O) groups excluding carboxylic acids is 1. The third kappa shape index (κ3) is 4.11. The van der Waals surface area contributed by atoms with Crippen LogP contribution in [0.25, 0.3) is 0 Å². The fourth-order valence-corrected chi connectivity index (χ4v) is 3.08. The Morgan fingerprint density at radius 3 is 2.67 bits per heavy atom. The van der Waals surface area contributed by atoms with Crippen molar-refractivity contribution < 1.29 is 4.79 Å². The van der Waals surface area contributed by atoms with Crippen LogP contribution in [0.4, 0.5) is 5.69 Å². The number of H-pyrrole nitrogens is 1. The quantitative estimate of drug-likeness (QED) is 0.908. The van der Waals surface area contributed by atoms with Crippen LogP contribution >= 0.6 is 0 Å². The van der Waals surface area contributed by atoms with E-state index in [0.29, 0.717) is 11.6 Å². The maximum atomic E-state index is 12.1. The van der Waals surface area contributed by atoms with Gasteiger partial charge in [-0.25, -0.2) is 0 Å². The number of hydrogen-bond donors (Lipinski definition) is 2. The molecule has 3 rings (SSSR count). The molecular weight excluding hydrogens is 302 g/mol. The Kier molecular flexibility index (Phi) is 5.11. The first kappa shape index (κ1) is 16.5. The molecule has 1 aliphatic rings. The molecule has 0 aliphatic carbocycles. The van der Waals surface area contributed by atoms with Gasteiger partial charge in [0.2, 0.25) is 5.56 Å². The largest absolute Gasteiger partial charge is 0.328 e. The topological polar surface area (TPSA) is 65.2 Å². The van der Waals surface area contributed by atoms with Crippen molar-refractivity contribution in [2.24, 2.45) is 0 Å². The summed E-state index contributed by atoms with van der Waals surface area (Å²) >= 11 is 0. The summed E-state index contributed by atoms with van der Waals surface area (Å²) in [6.45, 7) is 4.40. The third-order valence-corrected chi connectivity index (χ3v) is 4.58. The molecule has 5 nitrogen and oxygen atoms in total. The molecule has 2 aromatic rings. The molecule has 0 spiro atoms. The molecule has 0 bridgehead atoms. The number of nitrogens with zero attached hydrogens (tertiary/aromatic N) is 1. The molecule has 1 aliphatic heterocycles. The van der Waals surface area contributed by atoms with Crippen LogP contribution in [-0.2, 0) is 6.54 Å². The van der Waals surface area contributed by atoms with E-state index in [-0.39, 0.29) is 11.5 Å². The smallest absolute Gasteiger partial charge is 0.257 e. The number of aromatic nitrogens is 1. The van der Waals surface area contributed by atoms with Crippen molar-refractivity contribution in [1.82, 2.24) is 9.88 Å². The number of rotatable bonds is 4. The second-order valence-electron chi connectivity index (χ2n) is 6.41. The molecule has 2 N–H and O–H groups in total. The van der Waals surface area contributed by atoms with Crippen molar-refractivity contribution in [2.75, 3.05) is 11.9 Å². The normalized spacial score (nSPS) is 18.3. The van der Waals surface area contributed by atoms with Crippen LogP contribution in [0.5, 0.6) is 0 Å². The minimum atomic E-state index is -0.233. The van der Waals surface area contributed by atoms with E-state index in [1.807, 2.05) is 12.1 Å². The maximum Gasteiger partial charge on any atom is 0.257 e. The predicted octanol–water partition coefficient (Wildman–Crippen LogP) is 3.00. The Labute approximate surface area is 141 Å². The zero-order chi connectivity index (χ0) is 16.9. The van der Waals surface area contributed by atoms with Gasteiger partial charge in [0.25, 0.3) is 5.91 Å². The summed E-state index contributed by atoms with van der Waals surface area (Å²) in [4.78, 5) is 28.2. The Bertz CT molecular complexity index is 731. The van der Waals surface area contributed by atoms with Crippen molar-refractivity contribution in [3.8, 4) is 0 Å². The Morgan fingerprint density at radius 2 is 2.00 bits per heavy atom. The minimum Gasteiger partial charge on any atom is -0.328 e. The highest BCUT2D eigenvalue weighted by molar-refractivity contribution is 6.03. The number of anilines is 1. The van der Waals surface area contributed by atoms with Gasteiger partial charge in [0.15, 0.2) is 0 Å². The summed E-state index contributed by atoms with van der Waals surface area (Å²) in [6.07, 6.45) is 5.29. The lowest BCUT2D eigenvalue weighted by Gasteiger charge is -2.33. The predicted molar refractivity (Wildman–Crippen MR) is 95.2 cm³/mol. The standard InChI is InChI=1S/C19H23N3O2/c1-14-4-2-3-11-22(14)13-15-5-8-17(9-6-15)21-19(24)16-7-10-18(23)20-12-16/h5-10,12,14H,2-4,11,13H2,1H3,(H,20,23)(H,21,24)/t14-/m1/s1. The van der Waals surface area contributed by atoms with Gasteiger partial charge >= 0.3 is 0 Å². The van der Waals surface area contributed by atoms with Crippen LogP contribution in [-0.4, -0.2) is 28.4 Å². The Balaban J connectivity index is 1.60. The van der Waals surface area contributed by atoms with E-state index in [2.05, 4.69) is 34.3 Å². The van der Waals surface area contributed by atoms with Crippen molar-refractivity contribution in [3.63, 3.8) is 0 Å². The molecule has 1 amide bonds. The summed E-state index contributed by atoms with van der Waals surface area (Å²) in [5, 5.41) is 2.84. The van der Waals surface area contributed by atoms with Crippen LogP contribution in [0.2, 0.25) is 0 Å². The van der Waals surface area contributed by atoms with Crippen LogP contribution < -0.4 is 10.9 Å². The number of piperidine rings is 1. The summed E-state index contributed by atoms with van der Waals surface area (Å²) in [6, 6.07) is 11.5. The first-order valence-corrected chi connectivity index (χ1v) is 8.45. The number of hydrogen-bond acceptors (Lipinski definition) is 3. The molecule has 24 heavy (non-hydrogen) atoms. The second-order valence-corrected chi connectivity index (χ2v) is 6.41. The van der Waals surface area contributed by atoms with Crippen LogP contribution in [0.15, 0.2) is 47.4 Å². The lowest BCUT2D eigenvalue weighted by Crippen LogP contribution is -2.36. The van der Waals surface area contributed by atoms with Crippen molar-refractivity contribution in [2.45, 2.75) is 38.8 Å². The first-order chi connectivity index (χ1) is 11.6. The number of pyridine rings is 1. The lowest BCUT2D eigenvalue weighted by molar-refractivity contribution is 0.102. The second kappa shape index (κ2) is 7.45. The number of carbonyl (C=O) groups is 1. The van der Waals surface area contributed by atoms with E-state index in [4.69, 9.17) is 0 Å². The summed E-state index contributed by atoms with van der Waals surface area (Å²) in [7, 11) is 0. The zero-order valence-corrected chi connectivity index (χ0v) is 13.9. The van der Waals surface area contributed by atoms with Gasteiger partial charge in [-0.15, -0.1) is 0 Å². The number of amides is 1. The van der Waals surface area contributed by atoms with Gasteiger partial charge in [0.05, 0.1) is 5.56 Å². The molecule has 1 saturated heterocycles. The summed E-state index contributed by atoms with van der Waals surface area (Å²) < 4.78 is 0. The van der Waals surface area contributed by atoms with E-state index in [1.54, 1.807) is 0 Å². The molecule has 1 atom stereocenters. The highest BCUT2D eigenvalue weighted by Gasteiger charge is 2.18. The van der Waals surface area contributed by atoms with Gasteiger partial charge in [-0.3, -0.25) is 14.5 Å². The van der Waals surface area contributed by atoms with Crippen LogP contribution in [0, 0.1) is 0 Å². The minimum absolute atomic E-state index is 0.220. The van der Waals surface area contributed by atoms with Crippen molar-refractivity contribution in [3.05, 3.63) is 64.1 Å². The van der Waals surface area contributed by atoms with Crippen LogP contribution in [0.1, 0.15) is 42.1 Å². The van der Waals surface area contributed by atoms with E-state index >= 15 is 0 Å². The third-order valence-electron chi connectivity index (χ3n) is 4.58. The van der Waals surface area contributed by atoms with E-state index < -0.39 is 0 Å². The van der Waals surface area contributed by atoms with Crippen LogP contribution in [0.3, 0.4) is 0 Å². The molecule has 2 heterocycles. The number of nitrogens with one attached hydrogen (secondary N) is 2. The van der Waals surface area contributed by atoms with E-state index in [0.717, 1.165) is 18.8 Å². The first-order valence-electron chi connectivity index (χ1n) is 8.45. The molecular formula is C19H23N3O2. The highest BCUT2D eigenvalue weighted by atomic mass is 16.1. The molecule has 0 radical (unpaired) electrons. The van der Waals surface area contributed by atoms with Crippen molar-refractivity contribution >= 4 is 11.6 Å². The average Bonchev–Trinajstić information content (AvgIpc) is 2.59. The summed E-state index contributed by atoms with van der Waals surface area (Å²) in [5.41, 5.74) is 2.22. The number of benzene rings is 1. The number of likely N-dealkylation sites (tertiary alicyclic amines) is 1.